The molecule has 0 saturated heterocycles. The van der Waals surface area contributed by atoms with E-state index >= 15 is 0 Å². The monoisotopic (exact) mass is 359 g/mol. The van der Waals surface area contributed by atoms with Crippen LogP contribution in [0.25, 0.3) is 0 Å². The zero-order valence-corrected chi connectivity index (χ0v) is 13.4. The number of amides is 2. The summed E-state index contributed by atoms with van der Waals surface area (Å²) in [4.78, 5) is 22.9. The van der Waals surface area contributed by atoms with E-state index in [2.05, 4.69) is 26.5 Å². The molecule has 0 fully saturated rings. The SMILES string of the molecule is C/C(=N\NC(=O)c1ccc(C(N)=O)cc1)c1ccc(Br)cc1. The Morgan fingerprint density at radius 3 is 2.00 bits per heavy atom. The summed E-state index contributed by atoms with van der Waals surface area (Å²) >= 11 is 3.36. The van der Waals surface area contributed by atoms with Crippen LogP contribution in [-0.2, 0) is 0 Å². The molecule has 2 aromatic rings. The lowest BCUT2D eigenvalue weighted by molar-refractivity contribution is 0.0952. The Labute approximate surface area is 136 Å². The molecule has 0 aliphatic carbocycles. The molecule has 22 heavy (non-hydrogen) atoms. The molecule has 0 bridgehead atoms. The lowest BCUT2D eigenvalue weighted by Crippen LogP contribution is -2.19. The molecule has 0 aliphatic heterocycles. The Morgan fingerprint density at radius 2 is 1.45 bits per heavy atom. The van der Waals surface area contributed by atoms with Crippen LogP contribution in [0.2, 0.25) is 0 Å². The van der Waals surface area contributed by atoms with E-state index in [-0.39, 0.29) is 5.91 Å². The van der Waals surface area contributed by atoms with Gasteiger partial charge in [0.2, 0.25) is 5.91 Å². The number of benzene rings is 2. The lowest BCUT2D eigenvalue weighted by atomic mass is 10.1. The maximum Gasteiger partial charge on any atom is 0.271 e. The summed E-state index contributed by atoms with van der Waals surface area (Å²) < 4.78 is 0.975. The summed E-state index contributed by atoms with van der Waals surface area (Å²) in [7, 11) is 0. The molecule has 0 unspecified atom stereocenters. The molecule has 0 spiro atoms. The van der Waals surface area contributed by atoms with Gasteiger partial charge in [-0.05, 0) is 48.9 Å². The summed E-state index contributed by atoms with van der Waals surface area (Å²) in [6, 6.07) is 13.7. The van der Waals surface area contributed by atoms with Crippen molar-refractivity contribution in [3.8, 4) is 0 Å². The normalized spacial score (nSPS) is 11.1. The molecule has 0 saturated carbocycles. The van der Waals surface area contributed by atoms with Gasteiger partial charge in [0.05, 0.1) is 5.71 Å². The molecule has 3 N–H and O–H groups in total. The van der Waals surface area contributed by atoms with Gasteiger partial charge in [0, 0.05) is 15.6 Å². The van der Waals surface area contributed by atoms with E-state index in [4.69, 9.17) is 5.73 Å². The van der Waals surface area contributed by atoms with Crippen molar-refractivity contribution in [2.45, 2.75) is 6.92 Å². The van der Waals surface area contributed by atoms with Gasteiger partial charge in [-0.1, -0.05) is 28.1 Å². The van der Waals surface area contributed by atoms with Crippen molar-refractivity contribution in [2.75, 3.05) is 0 Å². The molecular formula is C16H14BrN3O2. The highest BCUT2D eigenvalue weighted by atomic mass is 79.9. The molecule has 5 nitrogen and oxygen atoms in total. The first kappa shape index (κ1) is 15.9. The maximum absolute atomic E-state index is 12.0. The highest BCUT2D eigenvalue weighted by molar-refractivity contribution is 9.10. The first-order valence-electron chi connectivity index (χ1n) is 6.48. The first-order chi connectivity index (χ1) is 10.5. The number of carbonyl (C=O) groups is 2. The third-order valence-corrected chi connectivity index (χ3v) is 3.55. The highest BCUT2D eigenvalue weighted by Crippen LogP contribution is 2.11. The van der Waals surface area contributed by atoms with Crippen molar-refractivity contribution in [1.82, 2.24) is 5.43 Å². The molecule has 0 atom stereocenters. The molecule has 2 rings (SSSR count). The summed E-state index contributed by atoms with van der Waals surface area (Å²) in [6.45, 7) is 1.81. The number of nitrogens with one attached hydrogen (secondary N) is 1. The number of primary amides is 1. The van der Waals surface area contributed by atoms with Crippen molar-refractivity contribution < 1.29 is 9.59 Å². The molecule has 6 heteroatoms. The largest absolute Gasteiger partial charge is 0.366 e. The minimum atomic E-state index is -0.531. The molecular weight excluding hydrogens is 346 g/mol. The van der Waals surface area contributed by atoms with E-state index < -0.39 is 5.91 Å². The number of hydrazone groups is 1. The predicted molar refractivity (Wildman–Crippen MR) is 88.8 cm³/mol. The van der Waals surface area contributed by atoms with Crippen LogP contribution >= 0.6 is 15.9 Å². The zero-order chi connectivity index (χ0) is 16.1. The second-order valence-electron chi connectivity index (χ2n) is 4.59. The Morgan fingerprint density at radius 1 is 0.955 bits per heavy atom. The molecule has 0 radical (unpaired) electrons. The summed E-state index contributed by atoms with van der Waals surface area (Å²) in [5.41, 5.74) is 9.98. The number of nitrogens with two attached hydrogens (primary N) is 1. The van der Waals surface area contributed by atoms with E-state index in [1.165, 1.54) is 24.3 Å². The van der Waals surface area contributed by atoms with Gasteiger partial charge in [0.25, 0.3) is 5.91 Å². The fourth-order valence-corrected chi connectivity index (χ4v) is 2.01. The molecule has 2 amide bonds. The zero-order valence-electron chi connectivity index (χ0n) is 11.8. The molecule has 0 aromatic heterocycles. The van der Waals surface area contributed by atoms with Crippen LogP contribution in [0.5, 0.6) is 0 Å². The fourth-order valence-electron chi connectivity index (χ4n) is 1.74. The standard InChI is InChI=1S/C16H14BrN3O2/c1-10(11-6-8-14(17)9-7-11)19-20-16(22)13-4-2-12(3-5-13)15(18)21/h2-9H,1H3,(H2,18,21)(H,20,22)/b19-10+. The van der Waals surface area contributed by atoms with Crippen LogP contribution in [0.4, 0.5) is 0 Å². The average molecular weight is 360 g/mol. The van der Waals surface area contributed by atoms with Crippen molar-refractivity contribution >= 4 is 33.5 Å². The number of hydrogen-bond donors (Lipinski definition) is 2. The number of carbonyl (C=O) groups excluding carboxylic acids is 2. The number of halogens is 1. The van der Waals surface area contributed by atoms with Gasteiger partial charge in [-0.2, -0.15) is 5.10 Å². The van der Waals surface area contributed by atoms with Gasteiger partial charge in [0.1, 0.15) is 0 Å². The Hall–Kier alpha value is -2.47. The minimum Gasteiger partial charge on any atom is -0.366 e. The van der Waals surface area contributed by atoms with Crippen molar-refractivity contribution in [2.24, 2.45) is 10.8 Å². The topological polar surface area (TPSA) is 84.6 Å². The minimum absolute atomic E-state index is 0.353. The van der Waals surface area contributed by atoms with E-state index in [9.17, 15) is 9.59 Å². The van der Waals surface area contributed by atoms with Crippen molar-refractivity contribution in [3.63, 3.8) is 0 Å². The second kappa shape index (κ2) is 7.00. The quantitative estimate of drug-likeness (QED) is 0.649. The van der Waals surface area contributed by atoms with Crippen LogP contribution < -0.4 is 11.2 Å². The van der Waals surface area contributed by atoms with E-state index in [0.717, 1.165) is 10.0 Å². The first-order valence-corrected chi connectivity index (χ1v) is 7.27. The second-order valence-corrected chi connectivity index (χ2v) is 5.50. The molecule has 0 aliphatic rings. The van der Waals surface area contributed by atoms with Crippen LogP contribution in [0.3, 0.4) is 0 Å². The fraction of sp³-hybridized carbons (Fsp3) is 0.0625. The molecule has 112 valence electrons. The Balaban J connectivity index is 2.06. The van der Waals surface area contributed by atoms with Crippen molar-refractivity contribution in [3.05, 3.63) is 69.7 Å². The summed E-state index contributed by atoms with van der Waals surface area (Å²) in [6.07, 6.45) is 0. The third kappa shape index (κ3) is 4.02. The van der Waals surface area contributed by atoms with E-state index in [1.54, 1.807) is 6.92 Å². The average Bonchev–Trinajstić information content (AvgIpc) is 2.53. The lowest BCUT2D eigenvalue weighted by Gasteiger charge is -2.04. The predicted octanol–water partition coefficient (Wildman–Crippen LogP) is 2.70. The van der Waals surface area contributed by atoms with Crippen LogP contribution in [0.15, 0.2) is 58.1 Å². The van der Waals surface area contributed by atoms with Gasteiger partial charge >= 0.3 is 0 Å². The Kier molecular flexibility index (Phi) is 5.06. The van der Waals surface area contributed by atoms with Crippen LogP contribution in [-0.4, -0.2) is 17.5 Å². The van der Waals surface area contributed by atoms with Gasteiger partial charge in [-0.3, -0.25) is 9.59 Å². The number of nitrogens with zero attached hydrogens (tertiary/aromatic N) is 1. The summed E-state index contributed by atoms with van der Waals surface area (Å²) in [5, 5.41) is 4.07. The third-order valence-electron chi connectivity index (χ3n) is 3.02. The number of rotatable bonds is 4. The van der Waals surface area contributed by atoms with Gasteiger partial charge in [-0.25, -0.2) is 5.43 Å². The summed E-state index contributed by atoms with van der Waals surface area (Å²) in [5.74, 6) is -0.886. The van der Waals surface area contributed by atoms with Crippen LogP contribution in [0.1, 0.15) is 33.2 Å². The van der Waals surface area contributed by atoms with Crippen molar-refractivity contribution in [1.29, 1.82) is 0 Å². The maximum atomic E-state index is 12.0. The van der Waals surface area contributed by atoms with E-state index in [1.807, 2.05) is 24.3 Å². The van der Waals surface area contributed by atoms with Gasteiger partial charge in [-0.15, -0.1) is 0 Å². The Bertz CT molecular complexity index is 722. The van der Waals surface area contributed by atoms with Crippen LogP contribution in [0, 0.1) is 0 Å². The molecule has 2 aromatic carbocycles. The van der Waals surface area contributed by atoms with Gasteiger partial charge < -0.3 is 5.73 Å². The highest BCUT2D eigenvalue weighted by Gasteiger charge is 2.06. The number of hydrogen-bond acceptors (Lipinski definition) is 3. The van der Waals surface area contributed by atoms with E-state index in [0.29, 0.717) is 16.8 Å². The van der Waals surface area contributed by atoms with Gasteiger partial charge in [0.15, 0.2) is 0 Å². The smallest absolute Gasteiger partial charge is 0.271 e. The molecule has 0 heterocycles.